The van der Waals surface area contributed by atoms with Gasteiger partial charge in [-0.2, -0.15) is 0 Å². The summed E-state index contributed by atoms with van der Waals surface area (Å²) in [5, 5.41) is 0. The van der Waals surface area contributed by atoms with Gasteiger partial charge in [-0.1, -0.05) is 35.9 Å². The van der Waals surface area contributed by atoms with Crippen molar-refractivity contribution in [2.45, 2.75) is 25.7 Å². The molecule has 0 heterocycles. The molecule has 0 heteroatoms. The molecule has 0 spiro atoms. The molecule has 1 aromatic rings. The van der Waals surface area contributed by atoms with E-state index >= 15 is 0 Å². The average Bonchev–Trinajstić information content (AvgIpc) is 2.04. The van der Waals surface area contributed by atoms with Gasteiger partial charge in [0.25, 0.3) is 0 Å². The molecular weight excluding hydrogens is 144 g/mol. The van der Waals surface area contributed by atoms with Crippen LogP contribution in [0, 0.1) is 6.08 Å². The zero-order chi connectivity index (χ0) is 8.23. The third-order valence-corrected chi connectivity index (χ3v) is 2.34. The molecule has 0 unspecified atom stereocenters. The molecule has 0 amide bonds. The molecular formula is C12H13. The number of allylic oxidation sites excluding steroid dienone is 2. The fraction of sp³-hybridized carbons (Fsp3) is 0.333. The lowest BCUT2D eigenvalue weighted by atomic mass is 9.91. The van der Waals surface area contributed by atoms with E-state index in [0.717, 1.165) is 6.42 Å². The van der Waals surface area contributed by atoms with E-state index in [-0.39, 0.29) is 0 Å². The lowest BCUT2D eigenvalue weighted by Gasteiger charge is -2.15. The van der Waals surface area contributed by atoms with E-state index in [1.54, 1.807) is 0 Å². The Kier molecular flexibility index (Phi) is 2.26. The molecule has 0 saturated heterocycles. The van der Waals surface area contributed by atoms with Crippen LogP contribution in [0.4, 0.5) is 0 Å². The molecule has 0 N–H and O–H groups in total. The second-order valence-corrected chi connectivity index (χ2v) is 3.30. The van der Waals surface area contributed by atoms with Crippen LogP contribution >= 0.6 is 0 Å². The summed E-state index contributed by atoms with van der Waals surface area (Å²) >= 11 is 0. The Morgan fingerprint density at radius 1 is 1.08 bits per heavy atom. The van der Waals surface area contributed by atoms with E-state index in [0.29, 0.717) is 0 Å². The van der Waals surface area contributed by atoms with Crippen LogP contribution in [0.3, 0.4) is 0 Å². The highest BCUT2D eigenvalue weighted by Crippen LogP contribution is 2.24. The minimum atomic E-state index is 0.996. The number of hydrogen-bond donors (Lipinski definition) is 0. The lowest BCUT2D eigenvalue weighted by Crippen LogP contribution is -1.97. The van der Waals surface area contributed by atoms with Gasteiger partial charge < -0.3 is 0 Å². The van der Waals surface area contributed by atoms with Gasteiger partial charge in [0.15, 0.2) is 0 Å². The summed E-state index contributed by atoms with van der Waals surface area (Å²) < 4.78 is 0. The van der Waals surface area contributed by atoms with Crippen molar-refractivity contribution in [1.82, 2.24) is 0 Å². The fourth-order valence-corrected chi connectivity index (χ4v) is 1.35. The monoisotopic (exact) mass is 157 g/mol. The van der Waals surface area contributed by atoms with Crippen molar-refractivity contribution in [2.75, 3.05) is 0 Å². The summed E-state index contributed by atoms with van der Waals surface area (Å²) in [6, 6.07) is 10.5. The van der Waals surface area contributed by atoms with E-state index < -0.39 is 0 Å². The van der Waals surface area contributed by atoms with Gasteiger partial charge >= 0.3 is 0 Å². The highest BCUT2D eigenvalue weighted by Gasteiger charge is 2.06. The van der Waals surface area contributed by atoms with Crippen molar-refractivity contribution in [2.24, 2.45) is 0 Å². The third-order valence-electron chi connectivity index (χ3n) is 2.34. The highest BCUT2D eigenvalue weighted by molar-refractivity contribution is 5.18. The van der Waals surface area contributed by atoms with Gasteiger partial charge in [0, 0.05) is 0 Å². The first kappa shape index (κ1) is 7.60. The van der Waals surface area contributed by atoms with E-state index in [1.807, 2.05) is 0 Å². The van der Waals surface area contributed by atoms with Crippen LogP contribution in [0.1, 0.15) is 24.8 Å². The maximum absolute atomic E-state index is 3.45. The zero-order valence-electron chi connectivity index (χ0n) is 7.22. The van der Waals surface area contributed by atoms with Crippen molar-refractivity contribution in [1.29, 1.82) is 0 Å². The van der Waals surface area contributed by atoms with Crippen molar-refractivity contribution < 1.29 is 0 Å². The lowest BCUT2D eigenvalue weighted by molar-refractivity contribution is 0.653. The molecule has 1 aromatic carbocycles. The van der Waals surface area contributed by atoms with Crippen molar-refractivity contribution >= 4 is 0 Å². The van der Waals surface area contributed by atoms with Crippen LogP contribution in [-0.4, -0.2) is 0 Å². The van der Waals surface area contributed by atoms with E-state index in [9.17, 15) is 0 Å². The topological polar surface area (TPSA) is 0 Å². The van der Waals surface area contributed by atoms with Gasteiger partial charge in [-0.3, -0.25) is 0 Å². The average molecular weight is 157 g/mol. The first-order valence-electron chi connectivity index (χ1n) is 4.57. The van der Waals surface area contributed by atoms with Crippen LogP contribution < -0.4 is 0 Å². The first-order valence-corrected chi connectivity index (χ1v) is 4.57. The molecule has 0 nitrogen and oxygen atoms in total. The summed E-state index contributed by atoms with van der Waals surface area (Å²) in [5.74, 6) is 0. The molecule has 0 atom stereocenters. The molecule has 1 aliphatic rings. The minimum absolute atomic E-state index is 0.996. The third kappa shape index (κ3) is 1.76. The van der Waals surface area contributed by atoms with Gasteiger partial charge in [0.2, 0.25) is 0 Å². The van der Waals surface area contributed by atoms with E-state index in [1.165, 1.54) is 30.4 Å². The van der Waals surface area contributed by atoms with Crippen LogP contribution in [0.2, 0.25) is 0 Å². The quantitative estimate of drug-likeness (QED) is 0.618. The Labute approximate surface area is 73.9 Å². The molecule has 0 aromatic heterocycles. The summed E-state index contributed by atoms with van der Waals surface area (Å²) in [6.07, 6.45) is 8.39. The predicted molar refractivity (Wildman–Crippen MR) is 50.8 cm³/mol. The second kappa shape index (κ2) is 3.57. The minimum Gasteiger partial charge on any atom is -0.0664 e. The van der Waals surface area contributed by atoms with Crippen molar-refractivity contribution in [3.05, 3.63) is 47.5 Å². The zero-order valence-corrected chi connectivity index (χ0v) is 7.22. The van der Waals surface area contributed by atoms with Crippen LogP contribution in [-0.2, 0) is 6.42 Å². The van der Waals surface area contributed by atoms with Gasteiger partial charge in [-0.05, 0) is 37.3 Å². The molecule has 2 rings (SSSR count). The molecule has 0 aliphatic heterocycles. The SMILES string of the molecule is [C](Cc1ccccc1)=C1CCC1. The number of benzene rings is 1. The van der Waals surface area contributed by atoms with Gasteiger partial charge in [-0.15, -0.1) is 0 Å². The van der Waals surface area contributed by atoms with Crippen molar-refractivity contribution in [3.63, 3.8) is 0 Å². The summed E-state index contributed by atoms with van der Waals surface area (Å²) in [4.78, 5) is 0. The van der Waals surface area contributed by atoms with Crippen molar-refractivity contribution in [3.8, 4) is 0 Å². The molecule has 1 radical (unpaired) electrons. The first-order chi connectivity index (χ1) is 5.95. The molecule has 0 bridgehead atoms. The molecule has 1 aliphatic carbocycles. The molecule has 1 saturated carbocycles. The van der Waals surface area contributed by atoms with E-state index in [4.69, 9.17) is 0 Å². The Hall–Kier alpha value is -1.04. The number of rotatable bonds is 2. The molecule has 12 heavy (non-hydrogen) atoms. The summed E-state index contributed by atoms with van der Waals surface area (Å²) in [6.45, 7) is 0. The Morgan fingerprint density at radius 3 is 2.42 bits per heavy atom. The maximum atomic E-state index is 3.45. The summed E-state index contributed by atoms with van der Waals surface area (Å²) in [5.41, 5.74) is 2.90. The van der Waals surface area contributed by atoms with Gasteiger partial charge in [0.1, 0.15) is 0 Å². The van der Waals surface area contributed by atoms with Crippen LogP contribution in [0.25, 0.3) is 0 Å². The fourth-order valence-electron chi connectivity index (χ4n) is 1.35. The van der Waals surface area contributed by atoms with Crippen LogP contribution in [0.5, 0.6) is 0 Å². The summed E-state index contributed by atoms with van der Waals surface area (Å²) in [7, 11) is 0. The largest absolute Gasteiger partial charge is 0.0664 e. The maximum Gasteiger partial charge on any atom is -0.00234 e. The van der Waals surface area contributed by atoms with Gasteiger partial charge in [-0.25, -0.2) is 0 Å². The smallest absolute Gasteiger partial charge is 0.00234 e. The standard InChI is InChI=1S/C12H13/c1-2-5-11(6-3-1)9-10-12-7-4-8-12/h1-3,5-6H,4,7-9H2. The van der Waals surface area contributed by atoms with E-state index in [2.05, 4.69) is 36.4 Å². The highest BCUT2D eigenvalue weighted by atomic mass is 14.1. The van der Waals surface area contributed by atoms with Crippen LogP contribution in [0.15, 0.2) is 35.9 Å². The number of hydrogen-bond acceptors (Lipinski definition) is 0. The predicted octanol–water partition coefficient (Wildman–Crippen LogP) is 3.14. The second-order valence-electron chi connectivity index (χ2n) is 3.30. The Bertz CT molecular complexity index is 263. The van der Waals surface area contributed by atoms with Gasteiger partial charge in [0.05, 0.1) is 0 Å². The molecule has 61 valence electrons. The molecule has 1 fully saturated rings. The Morgan fingerprint density at radius 2 is 1.83 bits per heavy atom. The Balaban J connectivity index is 1.95. The normalized spacial score (nSPS) is 15.5.